The van der Waals surface area contributed by atoms with Crippen LogP contribution < -0.4 is 5.32 Å². The van der Waals surface area contributed by atoms with Crippen LogP contribution >= 0.6 is 0 Å². The summed E-state index contributed by atoms with van der Waals surface area (Å²) in [5.74, 6) is 0.869. The molecular weight excluding hydrogens is 212 g/mol. The van der Waals surface area contributed by atoms with Crippen LogP contribution in [0.1, 0.15) is 39.5 Å². The molecule has 3 nitrogen and oxygen atoms in total. The van der Waals surface area contributed by atoms with Crippen LogP contribution in [0.25, 0.3) is 0 Å². The van der Waals surface area contributed by atoms with Crippen molar-refractivity contribution in [2.45, 2.75) is 51.6 Å². The summed E-state index contributed by atoms with van der Waals surface area (Å²) in [7, 11) is 0. The number of nitrogens with one attached hydrogen (secondary N) is 1. The Balaban J connectivity index is 1.85. The minimum Gasteiger partial charge on any atom is -0.381 e. The number of ether oxygens (including phenoxy) is 1. The molecule has 1 N–H and O–H groups in total. The molecule has 0 aliphatic carbocycles. The van der Waals surface area contributed by atoms with Crippen LogP contribution in [-0.2, 0) is 4.74 Å². The molecule has 0 saturated carbocycles. The van der Waals surface area contributed by atoms with Gasteiger partial charge in [0.25, 0.3) is 0 Å². The van der Waals surface area contributed by atoms with Crippen molar-refractivity contribution in [3.8, 4) is 0 Å². The summed E-state index contributed by atoms with van der Waals surface area (Å²) in [6.07, 6.45) is 5.16. The Morgan fingerprint density at radius 2 is 2.06 bits per heavy atom. The Kier molecular flexibility index (Phi) is 5.26. The lowest BCUT2D eigenvalue weighted by Crippen LogP contribution is -2.56. The van der Waals surface area contributed by atoms with Crippen molar-refractivity contribution in [1.82, 2.24) is 10.2 Å². The van der Waals surface area contributed by atoms with Crippen LogP contribution in [0.4, 0.5) is 0 Å². The molecule has 0 aromatic carbocycles. The fourth-order valence-electron chi connectivity index (χ4n) is 3.13. The number of rotatable bonds is 4. The summed E-state index contributed by atoms with van der Waals surface area (Å²) in [4.78, 5) is 2.74. The minimum absolute atomic E-state index is 0.656. The standard InChI is InChI=1S/C14H28N2O/c1-3-4-14-9-15-12(2)10-16(14)11-13-5-7-17-8-6-13/h12-15H,3-11H2,1-2H3. The molecule has 0 aromatic heterocycles. The molecule has 2 saturated heterocycles. The largest absolute Gasteiger partial charge is 0.381 e. The maximum atomic E-state index is 5.45. The highest BCUT2D eigenvalue weighted by Crippen LogP contribution is 2.20. The van der Waals surface area contributed by atoms with Gasteiger partial charge in [0.2, 0.25) is 0 Å². The Morgan fingerprint density at radius 3 is 2.76 bits per heavy atom. The first-order chi connectivity index (χ1) is 8.29. The lowest BCUT2D eigenvalue weighted by molar-refractivity contribution is 0.0352. The topological polar surface area (TPSA) is 24.5 Å². The normalized spacial score (nSPS) is 32.8. The van der Waals surface area contributed by atoms with E-state index in [0.717, 1.165) is 25.2 Å². The first-order valence-corrected chi connectivity index (χ1v) is 7.34. The van der Waals surface area contributed by atoms with E-state index in [1.807, 2.05) is 0 Å². The van der Waals surface area contributed by atoms with Crippen molar-refractivity contribution >= 4 is 0 Å². The first kappa shape index (κ1) is 13.3. The molecular formula is C14H28N2O. The Hall–Kier alpha value is -0.120. The summed E-state index contributed by atoms with van der Waals surface area (Å²) in [6, 6.07) is 1.42. The molecule has 0 radical (unpaired) electrons. The molecule has 2 heterocycles. The van der Waals surface area contributed by atoms with E-state index in [9.17, 15) is 0 Å². The summed E-state index contributed by atoms with van der Waals surface area (Å²) in [5.41, 5.74) is 0. The Labute approximate surface area is 106 Å². The zero-order chi connectivity index (χ0) is 12.1. The van der Waals surface area contributed by atoms with E-state index >= 15 is 0 Å². The summed E-state index contributed by atoms with van der Waals surface area (Å²) < 4.78 is 5.45. The van der Waals surface area contributed by atoms with Gasteiger partial charge in [-0.05, 0) is 32.1 Å². The molecule has 0 bridgehead atoms. The van der Waals surface area contributed by atoms with Crippen molar-refractivity contribution < 1.29 is 4.74 Å². The molecule has 0 spiro atoms. The molecule has 0 aromatic rings. The second-order valence-electron chi connectivity index (χ2n) is 5.76. The van der Waals surface area contributed by atoms with Gasteiger partial charge in [-0.3, -0.25) is 4.90 Å². The third kappa shape index (κ3) is 3.94. The van der Waals surface area contributed by atoms with E-state index < -0.39 is 0 Å². The zero-order valence-electron chi connectivity index (χ0n) is 11.5. The molecule has 0 amide bonds. The maximum Gasteiger partial charge on any atom is 0.0469 e. The molecule has 2 rings (SSSR count). The predicted molar refractivity (Wildman–Crippen MR) is 71.3 cm³/mol. The van der Waals surface area contributed by atoms with Gasteiger partial charge in [-0.15, -0.1) is 0 Å². The van der Waals surface area contributed by atoms with Crippen LogP contribution in [0.5, 0.6) is 0 Å². The van der Waals surface area contributed by atoms with Crippen molar-refractivity contribution in [1.29, 1.82) is 0 Å². The molecule has 2 atom stereocenters. The molecule has 2 unspecified atom stereocenters. The highest BCUT2D eigenvalue weighted by Gasteiger charge is 2.27. The van der Waals surface area contributed by atoms with Crippen molar-refractivity contribution in [3.05, 3.63) is 0 Å². The summed E-state index contributed by atoms with van der Waals surface area (Å²) >= 11 is 0. The smallest absolute Gasteiger partial charge is 0.0469 e. The second kappa shape index (κ2) is 6.72. The fraction of sp³-hybridized carbons (Fsp3) is 1.00. The molecule has 2 fully saturated rings. The highest BCUT2D eigenvalue weighted by atomic mass is 16.5. The molecule has 17 heavy (non-hydrogen) atoms. The van der Waals surface area contributed by atoms with Gasteiger partial charge < -0.3 is 10.1 Å². The average molecular weight is 240 g/mol. The predicted octanol–water partition coefficient (Wildman–Crippen LogP) is 1.88. The Morgan fingerprint density at radius 1 is 1.29 bits per heavy atom. The van der Waals surface area contributed by atoms with Gasteiger partial charge in [0.15, 0.2) is 0 Å². The lowest BCUT2D eigenvalue weighted by Gasteiger charge is -2.41. The van der Waals surface area contributed by atoms with Crippen molar-refractivity contribution in [2.24, 2.45) is 5.92 Å². The van der Waals surface area contributed by atoms with Crippen LogP contribution in [0.15, 0.2) is 0 Å². The second-order valence-corrected chi connectivity index (χ2v) is 5.76. The Bertz CT molecular complexity index is 216. The number of hydrogen-bond donors (Lipinski definition) is 1. The van der Waals surface area contributed by atoms with Crippen molar-refractivity contribution in [2.75, 3.05) is 32.8 Å². The SMILES string of the molecule is CCCC1CNC(C)CN1CC1CCOCC1. The van der Waals surface area contributed by atoms with Crippen LogP contribution in [-0.4, -0.2) is 49.8 Å². The van der Waals surface area contributed by atoms with E-state index in [1.54, 1.807) is 0 Å². The van der Waals surface area contributed by atoms with Gasteiger partial charge in [0.1, 0.15) is 0 Å². The highest BCUT2D eigenvalue weighted by molar-refractivity contribution is 4.85. The number of nitrogens with zero attached hydrogens (tertiary/aromatic N) is 1. The maximum absolute atomic E-state index is 5.45. The minimum atomic E-state index is 0.656. The third-order valence-electron chi connectivity index (χ3n) is 4.18. The summed E-state index contributed by atoms with van der Waals surface area (Å²) in [6.45, 7) is 10.2. The van der Waals surface area contributed by atoms with Gasteiger partial charge in [-0.25, -0.2) is 0 Å². The van der Waals surface area contributed by atoms with Crippen molar-refractivity contribution in [3.63, 3.8) is 0 Å². The van der Waals surface area contributed by atoms with Gasteiger partial charge in [-0.2, -0.15) is 0 Å². The molecule has 100 valence electrons. The average Bonchev–Trinajstić information content (AvgIpc) is 2.34. The van der Waals surface area contributed by atoms with Crippen LogP contribution in [0.2, 0.25) is 0 Å². The van der Waals surface area contributed by atoms with Crippen LogP contribution in [0, 0.1) is 5.92 Å². The quantitative estimate of drug-likeness (QED) is 0.812. The van der Waals surface area contributed by atoms with E-state index in [2.05, 4.69) is 24.1 Å². The van der Waals surface area contributed by atoms with E-state index in [-0.39, 0.29) is 0 Å². The van der Waals surface area contributed by atoms with E-state index in [1.165, 1.54) is 45.3 Å². The lowest BCUT2D eigenvalue weighted by atomic mass is 9.96. The zero-order valence-corrected chi connectivity index (χ0v) is 11.5. The van der Waals surface area contributed by atoms with E-state index in [0.29, 0.717) is 6.04 Å². The number of piperazine rings is 1. The molecule has 2 aliphatic heterocycles. The van der Waals surface area contributed by atoms with Gasteiger partial charge in [0.05, 0.1) is 0 Å². The number of hydrogen-bond acceptors (Lipinski definition) is 3. The van der Waals surface area contributed by atoms with Gasteiger partial charge in [0, 0.05) is 44.9 Å². The summed E-state index contributed by atoms with van der Waals surface area (Å²) in [5, 5.41) is 3.62. The fourth-order valence-corrected chi connectivity index (χ4v) is 3.13. The molecule has 2 aliphatic rings. The monoisotopic (exact) mass is 240 g/mol. The van der Waals surface area contributed by atoms with Crippen LogP contribution in [0.3, 0.4) is 0 Å². The van der Waals surface area contributed by atoms with Gasteiger partial charge >= 0.3 is 0 Å². The third-order valence-corrected chi connectivity index (χ3v) is 4.18. The van der Waals surface area contributed by atoms with Gasteiger partial charge in [-0.1, -0.05) is 13.3 Å². The van der Waals surface area contributed by atoms with E-state index in [4.69, 9.17) is 4.74 Å². The first-order valence-electron chi connectivity index (χ1n) is 7.34. The molecule has 3 heteroatoms.